The van der Waals surface area contributed by atoms with Gasteiger partial charge in [0, 0.05) is 5.02 Å². The van der Waals surface area contributed by atoms with Gasteiger partial charge in [-0.2, -0.15) is 0 Å². The molecule has 2 aromatic rings. The molecule has 6 heteroatoms. The predicted molar refractivity (Wildman–Crippen MR) is 79.6 cm³/mol. The van der Waals surface area contributed by atoms with Crippen LogP contribution in [0.2, 0.25) is 15.1 Å². The summed E-state index contributed by atoms with van der Waals surface area (Å²) in [5.74, 6) is 0. The summed E-state index contributed by atoms with van der Waals surface area (Å²) in [4.78, 5) is 12.9. The second-order valence-electron chi connectivity index (χ2n) is 3.75. The Morgan fingerprint density at radius 2 is 1.47 bits per heavy atom. The van der Waals surface area contributed by atoms with Gasteiger partial charge in [-0.05, 0) is 42.5 Å². The molecule has 0 bridgehead atoms. The predicted octanol–water partition coefficient (Wildman–Crippen LogP) is 4.86. The minimum atomic E-state index is -0.624. The monoisotopic (exact) mass is 314 g/mol. The molecule has 0 atom stereocenters. The van der Waals surface area contributed by atoms with E-state index in [1.54, 1.807) is 42.5 Å². The van der Waals surface area contributed by atoms with Crippen molar-refractivity contribution in [3.8, 4) is 0 Å². The van der Waals surface area contributed by atoms with Gasteiger partial charge >= 0.3 is 6.03 Å². The zero-order valence-electron chi connectivity index (χ0n) is 9.61. The van der Waals surface area contributed by atoms with Gasteiger partial charge in [0.2, 0.25) is 0 Å². The van der Waals surface area contributed by atoms with Crippen LogP contribution in [0.25, 0.3) is 0 Å². The fraction of sp³-hybridized carbons (Fsp3) is 0. The van der Waals surface area contributed by atoms with Crippen LogP contribution >= 0.6 is 34.8 Å². The first-order chi connectivity index (χ1) is 8.99. The number of carbonyl (C=O) groups excluding carboxylic acids is 1. The van der Waals surface area contributed by atoms with E-state index in [0.29, 0.717) is 26.4 Å². The van der Waals surface area contributed by atoms with Crippen molar-refractivity contribution < 1.29 is 4.79 Å². The van der Waals surface area contributed by atoms with Crippen molar-refractivity contribution in [2.24, 2.45) is 5.73 Å². The highest BCUT2D eigenvalue weighted by Crippen LogP contribution is 2.31. The number of anilines is 2. The number of urea groups is 1. The molecule has 2 rings (SSSR count). The molecule has 0 aliphatic carbocycles. The molecule has 0 radical (unpaired) electrons. The van der Waals surface area contributed by atoms with Gasteiger partial charge in [0.05, 0.1) is 21.4 Å². The van der Waals surface area contributed by atoms with Crippen molar-refractivity contribution in [2.75, 3.05) is 4.90 Å². The number of carbonyl (C=O) groups is 1. The van der Waals surface area contributed by atoms with Crippen molar-refractivity contribution in [2.45, 2.75) is 0 Å². The molecule has 0 spiro atoms. The molecule has 2 aromatic carbocycles. The van der Waals surface area contributed by atoms with Crippen LogP contribution in [-0.4, -0.2) is 6.03 Å². The Kier molecular flexibility index (Phi) is 4.20. The van der Waals surface area contributed by atoms with Crippen LogP contribution in [0.1, 0.15) is 0 Å². The van der Waals surface area contributed by atoms with Crippen molar-refractivity contribution >= 4 is 52.2 Å². The van der Waals surface area contributed by atoms with Crippen LogP contribution in [-0.2, 0) is 0 Å². The Morgan fingerprint density at radius 1 is 0.895 bits per heavy atom. The molecule has 2 amide bonds. The highest BCUT2D eigenvalue weighted by atomic mass is 35.5. The summed E-state index contributed by atoms with van der Waals surface area (Å²) in [6.45, 7) is 0. The summed E-state index contributed by atoms with van der Waals surface area (Å²) in [6.07, 6.45) is 0. The Bertz CT molecular complexity index is 614. The molecule has 0 aromatic heterocycles. The number of hydrogen-bond acceptors (Lipinski definition) is 1. The van der Waals surface area contributed by atoms with E-state index in [9.17, 15) is 4.79 Å². The lowest BCUT2D eigenvalue weighted by atomic mass is 10.2. The fourth-order valence-corrected chi connectivity index (χ4v) is 2.04. The molecule has 3 nitrogen and oxygen atoms in total. The number of halogens is 3. The van der Waals surface area contributed by atoms with Crippen LogP contribution < -0.4 is 10.6 Å². The number of primary amides is 1. The topological polar surface area (TPSA) is 46.3 Å². The average molecular weight is 316 g/mol. The van der Waals surface area contributed by atoms with Gasteiger partial charge in [-0.3, -0.25) is 4.90 Å². The molecule has 0 saturated heterocycles. The standard InChI is InChI=1S/C13H9Cl3N2O/c14-8-1-3-9(4-2-8)18(13(17)19)10-5-6-11(15)12(16)7-10/h1-7H,(H2,17,19). The first-order valence-electron chi connectivity index (χ1n) is 5.29. The van der Waals surface area contributed by atoms with Crippen LogP contribution in [0.5, 0.6) is 0 Å². The van der Waals surface area contributed by atoms with E-state index in [4.69, 9.17) is 40.5 Å². The summed E-state index contributed by atoms with van der Waals surface area (Å²) >= 11 is 17.6. The van der Waals surface area contributed by atoms with E-state index in [1.807, 2.05) is 0 Å². The van der Waals surface area contributed by atoms with Crippen LogP contribution in [0.3, 0.4) is 0 Å². The van der Waals surface area contributed by atoms with Gasteiger partial charge in [-0.15, -0.1) is 0 Å². The maximum Gasteiger partial charge on any atom is 0.323 e. The maximum atomic E-state index is 11.6. The normalized spacial score (nSPS) is 10.3. The van der Waals surface area contributed by atoms with Crippen LogP contribution in [0.4, 0.5) is 16.2 Å². The number of benzene rings is 2. The molecule has 0 saturated carbocycles. The first kappa shape index (κ1) is 14.0. The van der Waals surface area contributed by atoms with Gasteiger partial charge in [-0.25, -0.2) is 4.79 Å². The Hall–Kier alpha value is -1.42. The second-order valence-corrected chi connectivity index (χ2v) is 5.00. The lowest BCUT2D eigenvalue weighted by molar-refractivity contribution is 0.256. The number of amides is 2. The van der Waals surface area contributed by atoms with E-state index < -0.39 is 6.03 Å². The minimum Gasteiger partial charge on any atom is -0.351 e. The van der Waals surface area contributed by atoms with E-state index in [2.05, 4.69) is 0 Å². The number of nitrogens with zero attached hydrogens (tertiary/aromatic N) is 1. The first-order valence-corrected chi connectivity index (χ1v) is 6.42. The van der Waals surface area contributed by atoms with Gasteiger partial charge in [0.25, 0.3) is 0 Å². The third kappa shape index (κ3) is 3.13. The fourth-order valence-electron chi connectivity index (χ4n) is 1.62. The summed E-state index contributed by atoms with van der Waals surface area (Å²) in [7, 11) is 0. The minimum absolute atomic E-state index is 0.347. The number of hydrogen-bond donors (Lipinski definition) is 1. The summed E-state index contributed by atoms with van der Waals surface area (Å²) < 4.78 is 0. The van der Waals surface area contributed by atoms with Crippen molar-refractivity contribution in [3.63, 3.8) is 0 Å². The van der Waals surface area contributed by atoms with Gasteiger partial charge in [0.1, 0.15) is 0 Å². The quantitative estimate of drug-likeness (QED) is 0.845. The Balaban J connectivity index is 2.48. The lowest BCUT2D eigenvalue weighted by Crippen LogP contribution is -2.31. The van der Waals surface area contributed by atoms with Crippen LogP contribution in [0.15, 0.2) is 42.5 Å². The molecule has 19 heavy (non-hydrogen) atoms. The van der Waals surface area contributed by atoms with Crippen molar-refractivity contribution in [1.82, 2.24) is 0 Å². The molecule has 98 valence electrons. The number of nitrogens with two attached hydrogens (primary N) is 1. The zero-order valence-corrected chi connectivity index (χ0v) is 11.9. The highest BCUT2D eigenvalue weighted by molar-refractivity contribution is 6.42. The summed E-state index contributed by atoms with van der Waals surface area (Å²) in [5.41, 5.74) is 6.53. The van der Waals surface area contributed by atoms with Crippen LogP contribution in [0, 0.1) is 0 Å². The van der Waals surface area contributed by atoms with Crippen molar-refractivity contribution in [3.05, 3.63) is 57.5 Å². The molecule has 0 unspecified atom stereocenters. The summed E-state index contributed by atoms with van der Waals surface area (Å²) in [5, 5.41) is 1.33. The van der Waals surface area contributed by atoms with Gasteiger partial charge < -0.3 is 5.73 Å². The maximum absolute atomic E-state index is 11.6. The molecule has 0 fully saturated rings. The van der Waals surface area contributed by atoms with Crippen molar-refractivity contribution in [1.29, 1.82) is 0 Å². The molecule has 2 N–H and O–H groups in total. The molecular formula is C13H9Cl3N2O. The lowest BCUT2D eigenvalue weighted by Gasteiger charge is -2.21. The third-order valence-corrected chi connectivity index (χ3v) is 3.46. The van der Waals surface area contributed by atoms with Gasteiger partial charge in [0.15, 0.2) is 0 Å². The third-order valence-electron chi connectivity index (χ3n) is 2.47. The van der Waals surface area contributed by atoms with E-state index >= 15 is 0 Å². The average Bonchev–Trinajstić information content (AvgIpc) is 2.36. The largest absolute Gasteiger partial charge is 0.351 e. The number of rotatable bonds is 2. The van der Waals surface area contributed by atoms with Gasteiger partial charge in [-0.1, -0.05) is 34.8 Å². The Morgan fingerprint density at radius 3 is 2.00 bits per heavy atom. The molecule has 0 heterocycles. The zero-order chi connectivity index (χ0) is 14.0. The highest BCUT2D eigenvalue weighted by Gasteiger charge is 2.15. The molecule has 0 aliphatic rings. The van der Waals surface area contributed by atoms with E-state index in [-0.39, 0.29) is 0 Å². The Labute approximate surface area is 125 Å². The second kappa shape index (κ2) is 5.70. The summed E-state index contributed by atoms with van der Waals surface area (Å²) in [6, 6.07) is 10.9. The SMILES string of the molecule is NC(=O)N(c1ccc(Cl)cc1)c1ccc(Cl)c(Cl)c1. The van der Waals surface area contributed by atoms with E-state index in [1.165, 1.54) is 4.90 Å². The van der Waals surface area contributed by atoms with E-state index in [0.717, 1.165) is 0 Å². The molecular weight excluding hydrogens is 307 g/mol. The smallest absolute Gasteiger partial charge is 0.323 e. The molecule has 0 aliphatic heterocycles.